The predicted octanol–water partition coefficient (Wildman–Crippen LogP) is 5.24. The monoisotopic (exact) mass is 342 g/mol. The van der Waals surface area contributed by atoms with E-state index >= 15 is 0 Å². The van der Waals surface area contributed by atoms with Gasteiger partial charge in [0.15, 0.2) is 0 Å². The molecule has 0 spiro atoms. The van der Waals surface area contributed by atoms with Gasteiger partial charge in [-0.15, -0.1) is 0 Å². The predicted molar refractivity (Wildman–Crippen MR) is 83.5 cm³/mol. The summed E-state index contributed by atoms with van der Waals surface area (Å²) in [5, 5.41) is 4.61. The van der Waals surface area contributed by atoms with Crippen LogP contribution in [0.2, 0.25) is 5.02 Å². The van der Waals surface area contributed by atoms with Crippen molar-refractivity contribution < 1.29 is 18.0 Å². The second-order valence-electron chi connectivity index (χ2n) is 4.92. The van der Waals surface area contributed by atoms with Gasteiger partial charge in [0.1, 0.15) is 0 Å². The number of nitrogens with one attached hydrogen (secondary N) is 2. The molecule has 122 valence electrons. The zero-order valence-electron chi connectivity index (χ0n) is 12.1. The summed E-state index contributed by atoms with van der Waals surface area (Å²) in [6.45, 7) is 1.78. The minimum atomic E-state index is -4.58. The molecule has 1 atom stereocenters. The third kappa shape index (κ3) is 4.63. The van der Waals surface area contributed by atoms with Crippen LogP contribution < -0.4 is 10.6 Å². The number of anilines is 1. The summed E-state index contributed by atoms with van der Waals surface area (Å²) in [6, 6.07) is 11.5. The summed E-state index contributed by atoms with van der Waals surface area (Å²) >= 11 is 5.53. The molecule has 2 amide bonds. The van der Waals surface area contributed by atoms with Gasteiger partial charge in [-0.3, -0.25) is 0 Å². The van der Waals surface area contributed by atoms with E-state index in [0.29, 0.717) is 0 Å². The molecule has 1 unspecified atom stereocenters. The van der Waals surface area contributed by atoms with E-state index in [1.54, 1.807) is 6.92 Å². The number of rotatable bonds is 3. The van der Waals surface area contributed by atoms with Gasteiger partial charge in [0, 0.05) is 5.69 Å². The van der Waals surface area contributed by atoms with E-state index < -0.39 is 22.8 Å². The number of hydrogen-bond donors (Lipinski definition) is 2. The number of benzene rings is 2. The molecule has 2 rings (SSSR count). The van der Waals surface area contributed by atoms with Crippen molar-refractivity contribution in [3.05, 3.63) is 64.7 Å². The number of urea groups is 1. The molecule has 0 aliphatic carbocycles. The van der Waals surface area contributed by atoms with Gasteiger partial charge >= 0.3 is 12.2 Å². The van der Waals surface area contributed by atoms with Crippen LogP contribution in [0.15, 0.2) is 48.5 Å². The first-order valence-corrected chi connectivity index (χ1v) is 7.14. The summed E-state index contributed by atoms with van der Waals surface area (Å²) in [5.74, 6) is 0. The van der Waals surface area contributed by atoms with Gasteiger partial charge in [-0.25, -0.2) is 4.79 Å². The third-order valence-electron chi connectivity index (χ3n) is 3.18. The van der Waals surface area contributed by atoms with Gasteiger partial charge in [-0.1, -0.05) is 41.9 Å². The van der Waals surface area contributed by atoms with E-state index in [1.807, 2.05) is 30.3 Å². The van der Waals surface area contributed by atoms with Crippen LogP contribution in [0.5, 0.6) is 0 Å². The van der Waals surface area contributed by atoms with Gasteiger partial charge in [-0.05, 0) is 30.7 Å². The fraction of sp³-hybridized carbons (Fsp3) is 0.188. The van der Waals surface area contributed by atoms with Crippen LogP contribution in [0.4, 0.5) is 23.7 Å². The normalized spacial score (nSPS) is 12.6. The van der Waals surface area contributed by atoms with Gasteiger partial charge < -0.3 is 10.6 Å². The second-order valence-corrected chi connectivity index (χ2v) is 5.33. The fourth-order valence-corrected chi connectivity index (χ4v) is 2.23. The smallest absolute Gasteiger partial charge is 0.331 e. The summed E-state index contributed by atoms with van der Waals surface area (Å²) in [6.07, 6.45) is -4.58. The number of amides is 2. The Bertz CT molecular complexity index is 689. The zero-order chi connectivity index (χ0) is 17.0. The fourth-order valence-electron chi connectivity index (χ4n) is 2.01. The highest BCUT2D eigenvalue weighted by Gasteiger charge is 2.33. The van der Waals surface area contributed by atoms with Crippen molar-refractivity contribution in [3.8, 4) is 0 Å². The largest absolute Gasteiger partial charge is 0.417 e. The highest BCUT2D eigenvalue weighted by molar-refractivity contribution is 6.31. The Morgan fingerprint density at radius 1 is 1.13 bits per heavy atom. The SMILES string of the molecule is CC(NC(=O)Nc1ccc(Cl)c(C(F)(F)F)c1)c1ccccc1. The first-order valence-electron chi connectivity index (χ1n) is 6.76. The van der Waals surface area contributed by atoms with E-state index in [4.69, 9.17) is 11.6 Å². The molecule has 0 saturated carbocycles. The molecule has 23 heavy (non-hydrogen) atoms. The lowest BCUT2D eigenvalue weighted by atomic mass is 10.1. The summed E-state index contributed by atoms with van der Waals surface area (Å²) in [4.78, 5) is 11.9. The Morgan fingerprint density at radius 3 is 2.39 bits per heavy atom. The molecule has 0 aliphatic heterocycles. The number of carbonyl (C=O) groups excluding carboxylic acids is 1. The Kier molecular flexibility index (Phi) is 5.15. The van der Waals surface area contributed by atoms with Crippen LogP contribution in [0.25, 0.3) is 0 Å². The van der Waals surface area contributed by atoms with Crippen LogP contribution in [-0.4, -0.2) is 6.03 Å². The third-order valence-corrected chi connectivity index (χ3v) is 3.51. The van der Waals surface area contributed by atoms with E-state index in [2.05, 4.69) is 10.6 Å². The molecule has 3 nitrogen and oxygen atoms in total. The maximum Gasteiger partial charge on any atom is 0.417 e. The Balaban J connectivity index is 2.06. The van der Waals surface area contributed by atoms with Crippen LogP contribution in [0.3, 0.4) is 0 Å². The molecule has 0 aliphatic rings. The molecule has 0 heterocycles. The zero-order valence-corrected chi connectivity index (χ0v) is 12.9. The van der Waals surface area contributed by atoms with Crippen molar-refractivity contribution in [2.24, 2.45) is 0 Å². The molecule has 0 aromatic heterocycles. The van der Waals surface area contributed by atoms with Crippen LogP contribution >= 0.6 is 11.6 Å². The number of hydrogen-bond acceptors (Lipinski definition) is 1. The summed E-state index contributed by atoms with van der Waals surface area (Å²) < 4.78 is 38.4. The van der Waals surface area contributed by atoms with Gasteiger partial charge in [0.05, 0.1) is 16.6 Å². The number of alkyl halides is 3. The first kappa shape index (κ1) is 17.1. The number of carbonyl (C=O) groups is 1. The Hall–Kier alpha value is -2.21. The lowest BCUT2D eigenvalue weighted by molar-refractivity contribution is -0.137. The minimum Gasteiger partial charge on any atom is -0.331 e. The summed E-state index contributed by atoms with van der Waals surface area (Å²) in [7, 11) is 0. The average molecular weight is 343 g/mol. The molecule has 0 radical (unpaired) electrons. The molecular formula is C16H14ClF3N2O. The van der Waals surface area contributed by atoms with E-state index in [1.165, 1.54) is 6.07 Å². The van der Waals surface area contributed by atoms with Gasteiger partial charge in [-0.2, -0.15) is 13.2 Å². The topological polar surface area (TPSA) is 41.1 Å². The van der Waals surface area contributed by atoms with Crippen molar-refractivity contribution in [1.82, 2.24) is 5.32 Å². The van der Waals surface area contributed by atoms with Gasteiger partial charge in [0.2, 0.25) is 0 Å². The highest BCUT2D eigenvalue weighted by Crippen LogP contribution is 2.36. The van der Waals surface area contributed by atoms with Crippen LogP contribution in [-0.2, 0) is 6.18 Å². The molecule has 2 aromatic carbocycles. The molecule has 0 fully saturated rings. The van der Waals surface area contributed by atoms with Crippen molar-refractivity contribution in [3.63, 3.8) is 0 Å². The molecule has 0 saturated heterocycles. The summed E-state index contributed by atoms with van der Waals surface area (Å²) in [5.41, 5.74) is -0.0951. The van der Waals surface area contributed by atoms with Crippen molar-refractivity contribution >= 4 is 23.3 Å². The number of halogens is 4. The van der Waals surface area contributed by atoms with Crippen LogP contribution in [0, 0.1) is 0 Å². The Labute approximate surface area is 136 Å². The molecule has 0 bridgehead atoms. The first-order chi connectivity index (χ1) is 10.8. The van der Waals surface area contributed by atoms with E-state index in [0.717, 1.165) is 17.7 Å². The lowest BCUT2D eigenvalue weighted by Crippen LogP contribution is -2.31. The Morgan fingerprint density at radius 2 is 1.78 bits per heavy atom. The lowest BCUT2D eigenvalue weighted by Gasteiger charge is -2.16. The highest BCUT2D eigenvalue weighted by atomic mass is 35.5. The second kappa shape index (κ2) is 6.91. The molecular weight excluding hydrogens is 329 g/mol. The van der Waals surface area contributed by atoms with Crippen molar-refractivity contribution in [1.29, 1.82) is 0 Å². The quantitative estimate of drug-likeness (QED) is 0.786. The van der Waals surface area contributed by atoms with E-state index in [-0.39, 0.29) is 11.7 Å². The maximum atomic E-state index is 12.8. The van der Waals surface area contributed by atoms with Gasteiger partial charge in [0.25, 0.3) is 0 Å². The molecule has 7 heteroatoms. The molecule has 2 N–H and O–H groups in total. The van der Waals surface area contributed by atoms with Crippen LogP contribution in [0.1, 0.15) is 24.1 Å². The average Bonchev–Trinajstić information content (AvgIpc) is 2.49. The minimum absolute atomic E-state index is 0.0134. The van der Waals surface area contributed by atoms with Crippen molar-refractivity contribution in [2.75, 3.05) is 5.32 Å². The van der Waals surface area contributed by atoms with Crippen molar-refractivity contribution in [2.45, 2.75) is 19.1 Å². The maximum absolute atomic E-state index is 12.8. The standard InChI is InChI=1S/C16H14ClF3N2O/c1-10(11-5-3-2-4-6-11)21-15(23)22-12-7-8-14(17)13(9-12)16(18,19)20/h2-10H,1H3,(H2,21,22,23). The molecule has 2 aromatic rings. The van der Waals surface area contributed by atoms with E-state index in [9.17, 15) is 18.0 Å².